The standard InChI is InChI=1S/C20H24N6O3/c1-13(2)26-16-7-11-28-12-15(16)18(23-26)19-22-17(24-29-19)6-10-25(3)20(27)14-4-8-21-9-5-14/h4-5,8-9,13H,6-7,10-12H2,1-3H3. The van der Waals surface area contributed by atoms with Crippen LogP contribution in [0.2, 0.25) is 0 Å². The molecule has 0 unspecified atom stereocenters. The molecular formula is C20H24N6O3. The molecule has 9 nitrogen and oxygen atoms in total. The maximum absolute atomic E-state index is 12.4. The molecule has 1 amide bonds. The van der Waals surface area contributed by atoms with E-state index in [2.05, 4.69) is 29.0 Å². The van der Waals surface area contributed by atoms with Crippen LogP contribution in [0.1, 0.15) is 47.3 Å². The minimum absolute atomic E-state index is 0.0713. The number of rotatable bonds is 6. The van der Waals surface area contributed by atoms with E-state index in [4.69, 9.17) is 14.4 Å². The Hall–Kier alpha value is -3.07. The molecule has 152 valence electrons. The van der Waals surface area contributed by atoms with Gasteiger partial charge in [0.25, 0.3) is 11.8 Å². The molecule has 3 aromatic rings. The van der Waals surface area contributed by atoms with Gasteiger partial charge in [-0.2, -0.15) is 10.1 Å². The van der Waals surface area contributed by atoms with E-state index in [9.17, 15) is 4.79 Å². The van der Waals surface area contributed by atoms with Crippen LogP contribution in [0.4, 0.5) is 0 Å². The highest BCUT2D eigenvalue weighted by Gasteiger charge is 2.26. The van der Waals surface area contributed by atoms with Crippen LogP contribution in [0.15, 0.2) is 29.0 Å². The van der Waals surface area contributed by atoms with Crippen molar-refractivity contribution in [2.24, 2.45) is 0 Å². The molecule has 0 spiro atoms. The Labute approximate surface area is 168 Å². The van der Waals surface area contributed by atoms with Crippen molar-refractivity contribution in [3.05, 3.63) is 47.2 Å². The first-order valence-electron chi connectivity index (χ1n) is 9.71. The summed E-state index contributed by atoms with van der Waals surface area (Å²) in [5.41, 5.74) is 3.48. The van der Waals surface area contributed by atoms with E-state index in [0.29, 0.717) is 49.2 Å². The van der Waals surface area contributed by atoms with E-state index < -0.39 is 0 Å². The number of hydrogen-bond acceptors (Lipinski definition) is 7. The zero-order chi connectivity index (χ0) is 20.4. The van der Waals surface area contributed by atoms with Gasteiger partial charge >= 0.3 is 0 Å². The number of carbonyl (C=O) groups is 1. The molecule has 3 aromatic heterocycles. The van der Waals surface area contributed by atoms with Crippen molar-refractivity contribution in [2.45, 2.75) is 39.3 Å². The van der Waals surface area contributed by atoms with Gasteiger partial charge in [-0.05, 0) is 26.0 Å². The third-order valence-corrected chi connectivity index (χ3v) is 4.95. The fourth-order valence-corrected chi connectivity index (χ4v) is 3.40. The Morgan fingerprint density at radius 2 is 2.10 bits per heavy atom. The number of fused-ring (bicyclic) bond motifs is 1. The molecule has 0 aliphatic carbocycles. The Morgan fingerprint density at radius 3 is 2.86 bits per heavy atom. The van der Waals surface area contributed by atoms with Crippen LogP contribution >= 0.6 is 0 Å². The number of carbonyl (C=O) groups excluding carboxylic acids is 1. The normalized spacial score (nSPS) is 13.5. The number of pyridine rings is 1. The van der Waals surface area contributed by atoms with Crippen LogP contribution in [0.3, 0.4) is 0 Å². The summed E-state index contributed by atoms with van der Waals surface area (Å²) in [4.78, 5) is 22.5. The lowest BCUT2D eigenvalue weighted by Crippen LogP contribution is -2.29. The molecule has 0 fully saturated rings. The van der Waals surface area contributed by atoms with Crippen LogP contribution in [0.5, 0.6) is 0 Å². The van der Waals surface area contributed by atoms with Crippen LogP contribution in [0.25, 0.3) is 11.6 Å². The second-order valence-electron chi connectivity index (χ2n) is 7.34. The summed E-state index contributed by atoms with van der Waals surface area (Å²) < 4.78 is 13.1. The summed E-state index contributed by atoms with van der Waals surface area (Å²) >= 11 is 0. The predicted octanol–water partition coefficient (Wildman–Crippen LogP) is 2.30. The van der Waals surface area contributed by atoms with Crippen molar-refractivity contribution in [3.63, 3.8) is 0 Å². The Kier molecular flexibility index (Phi) is 5.39. The number of amides is 1. The third-order valence-electron chi connectivity index (χ3n) is 4.95. The second-order valence-corrected chi connectivity index (χ2v) is 7.34. The SMILES string of the molecule is CC(C)n1nc(-c2nc(CCN(C)C(=O)c3ccncc3)no2)c2c1CCOC2. The van der Waals surface area contributed by atoms with Gasteiger partial charge in [0.1, 0.15) is 0 Å². The molecule has 0 radical (unpaired) electrons. The number of nitrogens with zero attached hydrogens (tertiary/aromatic N) is 6. The highest BCUT2D eigenvalue weighted by molar-refractivity contribution is 5.93. The summed E-state index contributed by atoms with van der Waals surface area (Å²) in [6.07, 6.45) is 4.52. The first-order valence-corrected chi connectivity index (χ1v) is 9.71. The fourth-order valence-electron chi connectivity index (χ4n) is 3.40. The molecule has 4 rings (SSSR count). The van der Waals surface area contributed by atoms with Crippen molar-refractivity contribution >= 4 is 5.91 Å². The number of hydrogen-bond donors (Lipinski definition) is 0. The van der Waals surface area contributed by atoms with Crippen LogP contribution in [-0.2, 0) is 24.2 Å². The highest BCUT2D eigenvalue weighted by atomic mass is 16.5. The lowest BCUT2D eigenvalue weighted by atomic mass is 10.1. The maximum Gasteiger partial charge on any atom is 0.278 e. The molecule has 0 N–H and O–H groups in total. The Morgan fingerprint density at radius 1 is 1.31 bits per heavy atom. The van der Waals surface area contributed by atoms with Crippen molar-refractivity contribution in [3.8, 4) is 11.6 Å². The lowest BCUT2D eigenvalue weighted by Gasteiger charge is -2.16. The van der Waals surface area contributed by atoms with Crippen LogP contribution in [-0.4, -0.2) is 55.9 Å². The van der Waals surface area contributed by atoms with E-state index in [1.165, 1.54) is 5.69 Å². The van der Waals surface area contributed by atoms with Crippen molar-refractivity contribution in [2.75, 3.05) is 20.2 Å². The third kappa shape index (κ3) is 3.91. The highest BCUT2D eigenvalue weighted by Crippen LogP contribution is 2.29. The zero-order valence-electron chi connectivity index (χ0n) is 16.8. The van der Waals surface area contributed by atoms with Crippen molar-refractivity contribution in [1.82, 2.24) is 29.8 Å². The van der Waals surface area contributed by atoms with Crippen LogP contribution in [0, 0.1) is 0 Å². The minimum Gasteiger partial charge on any atom is -0.376 e. The van der Waals surface area contributed by atoms with Crippen molar-refractivity contribution < 1.29 is 14.1 Å². The van der Waals surface area contributed by atoms with Gasteiger partial charge in [0.15, 0.2) is 11.5 Å². The molecule has 1 aliphatic rings. The van der Waals surface area contributed by atoms with Gasteiger partial charge in [-0.3, -0.25) is 14.5 Å². The van der Waals surface area contributed by atoms with Gasteiger partial charge in [-0.15, -0.1) is 0 Å². The summed E-state index contributed by atoms with van der Waals surface area (Å²) in [6, 6.07) is 3.63. The number of ether oxygens (including phenoxy) is 1. The molecule has 0 bridgehead atoms. The molecule has 0 saturated heterocycles. The predicted molar refractivity (Wildman–Crippen MR) is 104 cm³/mol. The van der Waals surface area contributed by atoms with E-state index in [-0.39, 0.29) is 11.9 Å². The minimum atomic E-state index is -0.0713. The summed E-state index contributed by atoms with van der Waals surface area (Å²) in [7, 11) is 1.75. The van der Waals surface area contributed by atoms with Crippen molar-refractivity contribution in [1.29, 1.82) is 0 Å². The fraction of sp³-hybridized carbons (Fsp3) is 0.450. The van der Waals surface area contributed by atoms with Gasteiger partial charge in [0, 0.05) is 61.7 Å². The van der Waals surface area contributed by atoms with E-state index in [0.717, 1.165) is 12.0 Å². The zero-order valence-corrected chi connectivity index (χ0v) is 16.8. The molecule has 9 heteroatoms. The molecular weight excluding hydrogens is 372 g/mol. The molecule has 0 aromatic carbocycles. The number of aromatic nitrogens is 5. The second kappa shape index (κ2) is 8.12. The topological polar surface area (TPSA) is 99.2 Å². The summed E-state index contributed by atoms with van der Waals surface area (Å²) in [6.45, 7) is 5.86. The monoisotopic (exact) mass is 396 g/mol. The maximum atomic E-state index is 12.4. The van der Waals surface area contributed by atoms with Gasteiger partial charge < -0.3 is 14.2 Å². The average Bonchev–Trinajstić information content (AvgIpc) is 3.36. The van der Waals surface area contributed by atoms with E-state index in [1.807, 2.05) is 4.68 Å². The van der Waals surface area contributed by atoms with E-state index in [1.54, 1.807) is 36.5 Å². The van der Waals surface area contributed by atoms with Gasteiger partial charge in [0.05, 0.1) is 13.2 Å². The molecule has 1 aliphatic heterocycles. The lowest BCUT2D eigenvalue weighted by molar-refractivity contribution is 0.0795. The first kappa shape index (κ1) is 19.3. The quantitative estimate of drug-likeness (QED) is 0.630. The van der Waals surface area contributed by atoms with Gasteiger partial charge in [-0.1, -0.05) is 5.16 Å². The molecule has 0 saturated carbocycles. The average molecular weight is 396 g/mol. The molecule has 29 heavy (non-hydrogen) atoms. The van der Waals surface area contributed by atoms with Gasteiger partial charge in [-0.25, -0.2) is 0 Å². The Balaban J connectivity index is 1.47. The molecule has 0 atom stereocenters. The first-order chi connectivity index (χ1) is 14.0. The molecule has 4 heterocycles. The van der Waals surface area contributed by atoms with Crippen LogP contribution < -0.4 is 0 Å². The van der Waals surface area contributed by atoms with E-state index >= 15 is 0 Å². The smallest absolute Gasteiger partial charge is 0.278 e. The number of likely N-dealkylation sites (N-methyl/N-ethyl adjacent to an activating group) is 1. The summed E-state index contributed by atoms with van der Waals surface area (Å²) in [5, 5.41) is 8.78. The Bertz CT molecular complexity index is 995. The largest absolute Gasteiger partial charge is 0.376 e. The van der Waals surface area contributed by atoms with Gasteiger partial charge in [0.2, 0.25) is 0 Å². The summed E-state index contributed by atoms with van der Waals surface area (Å²) in [5.74, 6) is 0.862.